The Hall–Kier alpha value is -2.22. The topological polar surface area (TPSA) is 80.1 Å². The monoisotopic (exact) mass is 333 g/mol. The first-order chi connectivity index (χ1) is 11.1. The van der Waals surface area contributed by atoms with Gasteiger partial charge in [0.1, 0.15) is 12.7 Å². The van der Waals surface area contributed by atoms with E-state index in [-0.39, 0.29) is 17.9 Å². The van der Waals surface area contributed by atoms with Crippen molar-refractivity contribution in [1.29, 1.82) is 0 Å². The molecule has 122 valence electrons. The summed E-state index contributed by atoms with van der Waals surface area (Å²) in [5.74, 6) is -0.0214. The van der Waals surface area contributed by atoms with E-state index in [9.17, 15) is 9.59 Å². The molecule has 1 aliphatic heterocycles. The third kappa shape index (κ3) is 3.76. The van der Waals surface area contributed by atoms with E-state index >= 15 is 0 Å². The molecule has 0 bridgehead atoms. The summed E-state index contributed by atoms with van der Waals surface area (Å²) in [5, 5.41) is 6.93. The first-order valence-corrected chi connectivity index (χ1v) is 8.41. The van der Waals surface area contributed by atoms with Crippen molar-refractivity contribution in [2.75, 3.05) is 13.1 Å². The Morgan fingerprint density at radius 1 is 1.43 bits per heavy atom. The predicted molar refractivity (Wildman–Crippen MR) is 86.0 cm³/mol. The number of hydrogen-bond donors (Lipinski definition) is 1. The molecule has 1 saturated heterocycles. The third-order valence-electron chi connectivity index (χ3n) is 3.88. The number of aromatic nitrogens is 3. The fraction of sp³-hybridized carbons (Fsp3) is 0.467. The average molecular weight is 333 g/mol. The highest BCUT2D eigenvalue weighted by molar-refractivity contribution is 7.14. The molecule has 1 N–H and O–H groups in total. The van der Waals surface area contributed by atoms with Crippen LogP contribution in [0.25, 0.3) is 0 Å². The summed E-state index contributed by atoms with van der Waals surface area (Å²) in [6, 6.07) is 3.92. The van der Waals surface area contributed by atoms with Crippen molar-refractivity contribution in [2.45, 2.75) is 32.4 Å². The van der Waals surface area contributed by atoms with Gasteiger partial charge in [0, 0.05) is 24.9 Å². The number of amides is 2. The van der Waals surface area contributed by atoms with Crippen LogP contribution in [-0.4, -0.2) is 44.6 Å². The molecule has 8 heteroatoms. The molecule has 23 heavy (non-hydrogen) atoms. The quantitative estimate of drug-likeness (QED) is 0.918. The minimum Gasteiger partial charge on any atom is -0.351 e. The average Bonchev–Trinajstić information content (AvgIpc) is 3.24. The molecule has 2 aromatic heterocycles. The number of carbonyl (C=O) groups is 2. The molecule has 0 aromatic carbocycles. The molecule has 0 aliphatic carbocycles. The van der Waals surface area contributed by atoms with Gasteiger partial charge in [-0.05, 0) is 25.0 Å². The zero-order valence-electron chi connectivity index (χ0n) is 12.9. The number of carbonyl (C=O) groups excluding carboxylic acids is 2. The molecule has 3 rings (SSSR count). The highest BCUT2D eigenvalue weighted by atomic mass is 32.1. The van der Waals surface area contributed by atoms with E-state index in [2.05, 4.69) is 15.4 Å². The molecule has 1 unspecified atom stereocenters. The Bertz CT molecular complexity index is 682. The molecule has 0 radical (unpaired) electrons. The summed E-state index contributed by atoms with van der Waals surface area (Å²) in [7, 11) is 0. The molecular formula is C15H19N5O2S. The van der Waals surface area contributed by atoms with Gasteiger partial charge in [-0.25, -0.2) is 9.67 Å². The maximum atomic E-state index is 12.7. The van der Waals surface area contributed by atoms with E-state index < -0.39 is 0 Å². The van der Waals surface area contributed by atoms with E-state index in [1.807, 2.05) is 21.7 Å². The lowest BCUT2D eigenvalue weighted by molar-refractivity contribution is -0.119. The Balaban J connectivity index is 1.64. The highest BCUT2D eigenvalue weighted by Crippen LogP contribution is 2.24. The van der Waals surface area contributed by atoms with Crippen molar-refractivity contribution in [3.63, 3.8) is 0 Å². The van der Waals surface area contributed by atoms with Crippen LogP contribution in [-0.2, 0) is 11.3 Å². The van der Waals surface area contributed by atoms with Crippen LogP contribution in [0.5, 0.6) is 0 Å². The van der Waals surface area contributed by atoms with Gasteiger partial charge < -0.3 is 10.2 Å². The summed E-state index contributed by atoms with van der Waals surface area (Å²) in [5.41, 5.74) is 0. The molecule has 3 heterocycles. The fourth-order valence-electron chi connectivity index (χ4n) is 2.72. The van der Waals surface area contributed by atoms with Crippen LogP contribution in [0.15, 0.2) is 24.8 Å². The highest BCUT2D eigenvalue weighted by Gasteiger charge is 2.26. The minimum absolute atomic E-state index is 0.0499. The number of likely N-dealkylation sites (tertiary alicyclic amines) is 1. The van der Waals surface area contributed by atoms with Crippen LogP contribution in [0.3, 0.4) is 0 Å². The SMILES string of the molecule is CC(=O)NCc1ccc(C(=O)N2CCCC(n3cncn3)C2)s1. The number of rotatable bonds is 4. The van der Waals surface area contributed by atoms with Gasteiger partial charge in [-0.2, -0.15) is 5.10 Å². The molecule has 0 spiro atoms. The Morgan fingerprint density at radius 2 is 2.30 bits per heavy atom. The summed E-state index contributed by atoms with van der Waals surface area (Å²) in [6.45, 7) is 3.37. The van der Waals surface area contributed by atoms with E-state index in [1.165, 1.54) is 24.6 Å². The fourth-order valence-corrected chi connectivity index (χ4v) is 3.63. The third-order valence-corrected chi connectivity index (χ3v) is 4.95. The van der Waals surface area contributed by atoms with E-state index in [4.69, 9.17) is 0 Å². The van der Waals surface area contributed by atoms with Crippen LogP contribution in [0, 0.1) is 0 Å². The molecule has 0 saturated carbocycles. The molecule has 2 amide bonds. The maximum absolute atomic E-state index is 12.7. The largest absolute Gasteiger partial charge is 0.351 e. The summed E-state index contributed by atoms with van der Waals surface area (Å²) in [4.78, 5) is 31.2. The smallest absolute Gasteiger partial charge is 0.264 e. The van der Waals surface area contributed by atoms with Gasteiger partial charge in [0.2, 0.25) is 5.91 Å². The zero-order chi connectivity index (χ0) is 16.2. The molecule has 7 nitrogen and oxygen atoms in total. The molecular weight excluding hydrogens is 314 g/mol. The molecule has 1 aliphatic rings. The van der Waals surface area contributed by atoms with Crippen molar-refractivity contribution < 1.29 is 9.59 Å². The summed E-state index contributed by atoms with van der Waals surface area (Å²) < 4.78 is 1.83. The Morgan fingerprint density at radius 3 is 3.04 bits per heavy atom. The molecule has 1 fully saturated rings. The second-order valence-corrected chi connectivity index (χ2v) is 6.77. The number of nitrogens with zero attached hydrogens (tertiary/aromatic N) is 4. The maximum Gasteiger partial charge on any atom is 0.264 e. The second kappa shape index (κ2) is 6.91. The van der Waals surface area contributed by atoms with Crippen LogP contribution < -0.4 is 5.32 Å². The van der Waals surface area contributed by atoms with Crippen LogP contribution >= 0.6 is 11.3 Å². The van der Waals surface area contributed by atoms with Crippen molar-refractivity contribution in [1.82, 2.24) is 25.0 Å². The van der Waals surface area contributed by atoms with Crippen LogP contribution in [0.2, 0.25) is 0 Å². The standard InChI is InChI=1S/C15H19N5O2S/c1-11(21)17-7-13-4-5-14(23-13)15(22)19-6-2-3-12(8-19)20-10-16-9-18-20/h4-5,9-10,12H,2-3,6-8H2,1H3,(H,17,21). The van der Waals surface area contributed by atoms with Gasteiger partial charge in [-0.3, -0.25) is 9.59 Å². The number of hydrogen-bond acceptors (Lipinski definition) is 5. The lowest BCUT2D eigenvalue weighted by Crippen LogP contribution is -2.40. The van der Waals surface area contributed by atoms with E-state index in [1.54, 1.807) is 6.33 Å². The van der Waals surface area contributed by atoms with Gasteiger partial charge in [-0.15, -0.1) is 11.3 Å². The normalized spacial score (nSPS) is 18.0. The predicted octanol–water partition coefficient (Wildman–Crippen LogP) is 1.45. The number of piperidine rings is 1. The lowest BCUT2D eigenvalue weighted by atomic mass is 10.1. The van der Waals surface area contributed by atoms with Gasteiger partial charge >= 0.3 is 0 Å². The van der Waals surface area contributed by atoms with Crippen LogP contribution in [0.1, 0.15) is 40.4 Å². The Kier molecular flexibility index (Phi) is 4.71. The van der Waals surface area contributed by atoms with E-state index in [0.29, 0.717) is 18.0 Å². The van der Waals surface area contributed by atoms with Crippen molar-refractivity contribution in [2.24, 2.45) is 0 Å². The van der Waals surface area contributed by atoms with Crippen molar-refractivity contribution >= 4 is 23.2 Å². The number of nitrogens with one attached hydrogen (secondary N) is 1. The van der Waals surface area contributed by atoms with E-state index in [0.717, 1.165) is 24.3 Å². The van der Waals surface area contributed by atoms with Gasteiger partial charge in [-0.1, -0.05) is 0 Å². The Labute approximate surface area is 138 Å². The summed E-state index contributed by atoms with van der Waals surface area (Å²) >= 11 is 1.43. The van der Waals surface area contributed by atoms with Gasteiger partial charge in [0.25, 0.3) is 5.91 Å². The summed E-state index contributed by atoms with van der Waals surface area (Å²) in [6.07, 6.45) is 5.19. The van der Waals surface area contributed by atoms with Crippen molar-refractivity contribution in [3.8, 4) is 0 Å². The second-order valence-electron chi connectivity index (χ2n) is 5.60. The molecule has 1 atom stereocenters. The van der Waals surface area contributed by atoms with Gasteiger partial charge in [0.05, 0.1) is 17.5 Å². The van der Waals surface area contributed by atoms with Gasteiger partial charge in [0.15, 0.2) is 0 Å². The first-order valence-electron chi connectivity index (χ1n) is 7.60. The van der Waals surface area contributed by atoms with Crippen LogP contribution in [0.4, 0.5) is 0 Å². The van der Waals surface area contributed by atoms with Crippen molar-refractivity contribution in [3.05, 3.63) is 34.5 Å². The number of thiophene rings is 1. The molecule has 2 aromatic rings. The minimum atomic E-state index is -0.0713. The first kappa shape index (κ1) is 15.7. The lowest BCUT2D eigenvalue weighted by Gasteiger charge is -2.32. The zero-order valence-corrected chi connectivity index (χ0v) is 13.8.